The van der Waals surface area contributed by atoms with E-state index >= 15 is 0 Å². The number of aryl methyl sites for hydroxylation is 3. The number of hydrogen-bond acceptors (Lipinski definition) is 3. The molecular weight excluding hydrogens is 232 g/mol. The number of rotatable bonds is 2. The van der Waals surface area contributed by atoms with Crippen molar-refractivity contribution >= 4 is 21.6 Å². The Morgan fingerprint density at radius 1 is 1.29 bits per heavy atom. The topological polar surface area (TPSA) is 34.9 Å². The number of hydrogen-bond donors (Lipinski definition) is 0. The van der Waals surface area contributed by atoms with Gasteiger partial charge in [0.05, 0.1) is 5.39 Å². The number of aromatic nitrogens is 2. The first-order valence-electron chi connectivity index (χ1n) is 5.89. The molecule has 3 nitrogen and oxygen atoms in total. The van der Waals surface area contributed by atoms with Crippen molar-refractivity contribution < 1.29 is 0 Å². The van der Waals surface area contributed by atoms with Crippen molar-refractivity contribution in [1.29, 1.82) is 0 Å². The van der Waals surface area contributed by atoms with Crippen LogP contribution >= 0.6 is 11.3 Å². The quantitative estimate of drug-likeness (QED) is 0.821. The molecule has 0 N–H and O–H groups in total. The van der Waals surface area contributed by atoms with Gasteiger partial charge in [0.2, 0.25) is 0 Å². The van der Waals surface area contributed by atoms with Gasteiger partial charge in [0, 0.05) is 11.4 Å². The van der Waals surface area contributed by atoms with E-state index in [1.807, 2.05) is 20.8 Å². The second kappa shape index (κ2) is 4.26. The minimum Gasteiger partial charge on any atom is -0.296 e. The van der Waals surface area contributed by atoms with Crippen LogP contribution in [-0.4, -0.2) is 9.55 Å². The monoisotopic (exact) mass is 250 g/mol. The molecule has 17 heavy (non-hydrogen) atoms. The maximum absolute atomic E-state index is 12.4. The molecule has 0 saturated heterocycles. The highest BCUT2D eigenvalue weighted by Gasteiger charge is 2.14. The second-order valence-corrected chi connectivity index (χ2v) is 6.14. The summed E-state index contributed by atoms with van der Waals surface area (Å²) < 4.78 is 1.80. The molecule has 4 heteroatoms. The van der Waals surface area contributed by atoms with Crippen molar-refractivity contribution in [2.45, 2.75) is 41.2 Å². The molecule has 0 unspecified atom stereocenters. The SMILES string of the molecule is Cc1sc2nc(C)n(CC(C)C)c(=O)c2c1C. The van der Waals surface area contributed by atoms with E-state index in [1.54, 1.807) is 15.9 Å². The van der Waals surface area contributed by atoms with Crippen LogP contribution in [0.1, 0.15) is 30.1 Å². The van der Waals surface area contributed by atoms with Crippen molar-refractivity contribution in [3.05, 3.63) is 26.6 Å². The average Bonchev–Trinajstić information content (AvgIpc) is 2.49. The van der Waals surface area contributed by atoms with Crippen molar-refractivity contribution in [1.82, 2.24) is 9.55 Å². The van der Waals surface area contributed by atoms with Gasteiger partial charge in [0.15, 0.2) is 0 Å². The summed E-state index contributed by atoms with van der Waals surface area (Å²) >= 11 is 1.61. The number of fused-ring (bicyclic) bond motifs is 1. The van der Waals surface area contributed by atoms with Gasteiger partial charge in [-0.1, -0.05) is 13.8 Å². The smallest absolute Gasteiger partial charge is 0.262 e. The Balaban J connectivity index is 2.78. The summed E-state index contributed by atoms with van der Waals surface area (Å²) in [6, 6.07) is 0. The normalized spacial score (nSPS) is 11.6. The van der Waals surface area contributed by atoms with Gasteiger partial charge in [-0.3, -0.25) is 9.36 Å². The molecule has 2 aromatic rings. The molecule has 0 aliphatic carbocycles. The van der Waals surface area contributed by atoms with E-state index in [0.29, 0.717) is 5.92 Å². The first-order chi connectivity index (χ1) is 7.91. The Bertz CT molecular complexity index is 622. The zero-order chi connectivity index (χ0) is 12.7. The number of nitrogens with zero attached hydrogens (tertiary/aromatic N) is 2. The Labute approximate surface area is 105 Å². The summed E-state index contributed by atoms with van der Waals surface area (Å²) in [5.74, 6) is 1.27. The molecule has 0 bridgehead atoms. The molecule has 2 aromatic heterocycles. The van der Waals surface area contributed by atoms with Gasteiger partial charge in [-0.25, -0.2) is 4.98 Å². The fourth-order valence-corrected chi connectivity index (χ4v) is 3.07. The average molecular weight is 250 g/mol. The molecule has 0 spiro atoms. The minimum atomic E-state index is 0.114. The molecular formula is C13H18N2OS. The predicted molar refractivity (Wildman–Crippen MR) is 72.9 cm³/mol. The van der Waals surface area contributed by atoms with E-state index in [-0.39, 0.29) is 5.56 Å². The third-order valence-corrected chi connectivity index (χ3v) is 4.13. The molecule has 0 radical (unpaired) electrons. The fraction of sp³-hybridized carbons (Fsp3) is 0.538. The lowest BCUT2D eigenvalue weighted by Gasteiger charge is -2.11. The van der Waals surface area contributed by atoms with E-state index in [4.69, 9.17) is 0 Å². The Morgan fingerprint density at radius 2 is 1.94 bits per heavy atom. The lowest BCUT2D eigenvalue weighted by molar-refractivity contribution is 0.498. The lowest BCUT2D eigenvalue weighted by atomic mass is 10.2. The zero-order valence-corrected chi connectivity index (χ0v) is 11.8. The summed E-state index contributed by atoms with van der Waals surface area (Å²) in [6.45, 7) is 10.9. The third kappa shape index (κ3) is 2.02. The van der Waals surface area contributed by atoms with Gasteiger partial charge in [-0.15, -0.1) is 11.3 Å². The van der Waals surface area contributed by atoms with E-state index in [1.165, 1.54) is 4.88 Å². The zero-order valence-electron chi connectivity index (χ0n) is 11.0. The van der Waals surface area contributed by atoms with Crippen LogP contribution in [-0.2, 0) is 6.54 Å². The Kier molecular flexibility index (Phi) is 3.08. The van der Waals surface area contributed by atoms with Gasteiger partial charge < -0.3 is 0 Å². The number of thiophene rings is 1. The largest absolute Gasteiger partial charge is 0.296 e. The van der Waals surface area contributed by atoms with Crippen LogP contribution in [0.3, 0.4) is 0 Å². The highest BCUT2D eigenvalue weighted by Crippen LogP contribution is 2.26. The molecule has 0 aliphatic heterocycles. The highest BCUT2D eigenvalue weighted by atomic mass is 32.1. The van der Waals surface area contributed by atoms with E-state index < -0.39 is 0 Å². The summed E-state index contributed by atoms with van der Waals surface area (Å²) in [7, 11) is 0. The van der Waals surface area contributed by atoms with Gasteiger partial charge >= 0.3 is 0 Å². The van der Waals surface area contributed by atoms with Crippen LogP contribution in [0.25, 0.3) is 10.2 Å². The molecule has 0 fully saturated rings. The molecule has 0 amide bonds. The molecule has 2 heterocycles. The van der Waals surface area contributed by atoms with Gasteiger partial charge in [0.25, 0.3) is 5.56 Å². The van der Waals surface area contributed by atoms with Crippen LogP contribution in [0, 0.1) is 26.7 Å². The third-order valence-electron chi connectivity index (χ3n) is 3.03. The van der Waals surface area contributed by atoms with Crippen LogP contribution in [0.2, 0.25) is 0 Å². The van der Waals surface area contributed by atoms with Crippen LogP contribution in [0.4, 0.5) is 0 Å². The highest BCUT2D eigenvalue weighted by molar-refractivity contribution is 7.18. The minimum absolute atomic E-state index is 0.114. The van der Waals surface area contributed by atoms with Gasteiger partial charge in [-0.2, -0.15) is 0 Å². The van der Waals surface area contributed by atoms with Crippen molar-refractivity contribution in [3.63, 3.8) is 0 Å². The molecule has 2 rings (SSSR count). The van der Waals surface area contributed by atoms with E-state index in [0.717, 1.165) is 28.1 Å². The summed E-state index contributed by atoms with van der Waals surface area (Å²) in [5, 5.41) is 0.804. The Morgan fingerprint density at radius 3 is 2.53 bits per heavy atom. The van der Waals surface area contributed by atoms with Gasteiger partial charge in [-0.05, 0) is 32.3 Å². The first-order valence-corrected chi connectivity index (χ1v) is 6.70. The van der Waals surface area contributed by atoms with Crippen molar-refractivity contribution in [2.24, 2.45) is 5.92 Å². The van der Waals surface area contributed by atoms with Crippen LogP contribution in [0.5, 0.6) is 0 Å². The molecule has 0 aliphatic rings. The molecule has 92 valence electrons. The Hall–Kier alpha value is -1.16. The van der Waals surface area contributed by atoms with E-state index in [2.05, 4.69) is 18.8 Å². The molecule has 0 aromatic carbocycles. The summed E-state index contributed by atoms with van der Waals surface area (Å²) in [6.07, 6.45) is 0. The van der Waals surface area contributed by atoms with Crippen molar-refractivity contribution in [2.75, 3.05) is 0 Å². The lowest BCUT2D eigenvalue weighted by Crippen LogP contribution is -2.25. The van der Waals surface area contributed by atoms with Crippen LogP contribution < -0.4 is 5.56 Å². The maximum Gasteiger partial charge on any atom is 0.262 e. The standard InChI is InChI=1S/C13H18N2OS/c1-7(2)6-15-10(5)14-12-11(13(15)16)8(3)9(4)17-12/h7H,6H2,1-5H3. The molecule has 0 saturated carbocycles. The summed E-state index contributed by atoms with van der Waals surface area (Å²) in [5.41, 5.74) is 1.20. The predicted octanol–water partition coefficient (Wildman–Crippen LogP) is 3.04. The van der Waals surface area contributed by atoms with Crippen molar-refractivity contribution in [3.8, 4) is 0 Å². The fourth-order valence-electron chi connectivity index (χ4n) is 2.01. The summed E-state index contributed by atoms with van der Waals surface area (Å²) in [4.78, 5) is 19.1. The van der Waals surface area contributed by atoms with E-state index in [9.17, 15) is 4.79 Å². The van der Waals surface area contributed by atoms with Crippen LogP contribution in [0.15, 0.2) is 4.79 Å². The van der Waals surface area contributed by atoms with Gasteiger partial charge in [0.1, 0.15) is 10.7 Å². The second-order valence-electron chi connectivity index (χ2n) is 4.93. The molecule has 0 atom stereocenters. The first kappa shape index (κ1) is 12.3. The maximum atomic E-state index is 12.4.